The smallest absolute Gasteiger partial charge is 0.276 e. The first kappa shape index (κ1) is 18.0. The molecule has 3 aromatic rings. The van der Waals surface area contributed by atoms with Crippen molar-refractivity contribution in [2.24, 2.45) is 7.05 Å². The summed E-state index contributed by atoms with van der Waals surface area (Å²) in [6, 6.07) is 8.62. The molecule has 0 atom stereocenters. The number of aromatic nitrogens is 3. The van der Waals surface area contributed by atoms with E-state index in [-0.39, 0.29) is 11.1 Å². The average Bonchev–Trinajstić information content (AvgIpc) is 2.98. The van der Waals surface area contributed by atoms with E-state index in [9.17, 15) is 9.59 Å². The van der Waals surface area contributed by atoms with Gasteiger partial charge in [0.05, 0.1) is 36.4 Å². The molecule has 1 fully saturated rings. The summed E-state index contributed by atoms with van der Waals surface area (Å²) < 4.78 is 8.45. The first-order valence-corrected chi connectivity index (χ1v) is 9.31. The molecule has 1 aliphatic heterocycles. The van der Waals surface area contributed by atoms with E-state index in [1.807, 2.05) is 12.1 Å². The highest BCUT2D eigenvalue weighted by Gasteiger charge is 2.18. The van der Waals surface area contributed by atoms with E-state index in [4.69, 9.17) is 16.3 Å². The third kappa shape index (κ3) is 3.45. The van der Waals surface area contributed by atoms with Crippen molar-refractivity contribution < 1.29 is 4.74 Å². The van der Waals surface area contributed by atoms with Crippen LogP contribution in [0.4, 0.5) is 0 Å². The minimum atomic E-state index is -0.172. The molecular weight excluding hydrogens is 368 g/mol. The van der Waals surface area contributed by atoms with Crippen LogP contribution in [0.2, 0.25) is 5.02 Å². The summed E-state index contributed by atoms with van der Waals surface area (Å²) in [5, 5.41) is 4.22. The normalized spacial score (nSPS) is 15.5. The van der Waals surface area contributed by atoms with E-state index in [0.29, 0.717) is 28.2 Å². The molecule has 1 saturated heterocycles. The number of benzene rings is 1. The lowest BCUT2D eigenvalue weighted by Gasteiger charge is -2.26. The summed E-state index contributed by atoms with van der Waals surface area (Å²) in [6.07, 6.45) is 0. The Kier molecular flexibility index (Phi) is 4.90. The fourth-order valence-electron chi connectivity index (χ4n) is 3.50. The van der Waals surface area contributed by atoms with Gasteiger partial charge in [-0.1, -0.05) is 23.7 Å². The van der Waals surface area contributed by atoms with Gasteiger partial charge in [0, 0.05) is 37.8 Å². The molecule has 0 spiro atoms. The standard InChI is InChI=1S/C19H21ClN4O3/c1-22-16(25)12-15-17(18(22)13-2-4-14(20)5-3-13)19(26)24(21-15)7-6-23-8-10-27-11-9-23/h2-5,12,21H,6-11H2,1H3. The number of H-pyrrole nitrogens is 1. The van der Waals surface area contributed by atoms with Crippen molar-refractivity contribution in [1.29, 1.82) is 0 Å². The molecule has 7 nitrogen and oxygen atoms in total. The molecule has 27 heavy (non-hydrogen) atoms. The van der Waals surface area contributed by atoms with Crippen LogP contribution < -0.4 is 11.1 Å². The summed E-state index contributed by atoms with van der Waals surface area (Å²) in [4.78, 5) is 27.7. The van der Waals surface area contributed by atoms with Gasteiger partial charge >= 0.3 is 0 Å². The van der Waals surface area contributed by atoms with Gasteiger partial charge in [-0.2, -0.15) is 0 Å². The SMILES string of the molecule is Cn1c(-c2ccc(Cl)cc2)c2c(=O)n(CCN3CCOCC3)[nH]c2cc1=O. The minimum Gasteiger partial charge on any atom is -0.379 e. The van der Waals surface area contributed by atoms with Crippen LogP contribution in [0.15, 0.2) is 39.9 Å². The predicted molar refractivity (Wildman–Crippen MR) is 106 cm³/mol. The molecule has 1 N–H and O–H groups in total. The molecule has 8 heteroatoms. The maximum absolute atomic E-state index is 13.1. The lowest BCUT2D eigenvalue weighted by molar-refractivity contribution is 0.0359. The Labute approximate surface area is 160 Å². The number of morpholine rings is 1. The molecule has 3 heterocycles. The Morgan fingerprint density at radius 2 is 1.81 bits per heavy atom. The van der Waals surface area contributed by atoms with Crippen LogP contribution >= 0.6 is 11.6 Å². The lowest BCUT2D eigenvalue weighted by Crippen LogP contribution is -2.39. The van der Waals surface area contributed by atoms with Gasteiger partial charge in [-0.3, -0.25) is 24.3 Å². The van der Waals surface area contributed by atoms with E-state index < -0.39 is 0 Å². The highest BCUT2D eigenvalue weighted by Crippen LogP contribution is 2.25. The van der Waals surface area contributed by atoms with E-state index in [1.54, 1.807) is 23.9 Å². The fraction of sp³-hybridized carbons (Fsp3) is 0.368. The summed E-state index contributed by atoms with van der Waals surface area (Å²) in [6.45, 7) is 4.46. The summed E-state index contributed by atoms with van der Waals surface area (Å²) in [5.41, 5.74) is 1.63. The number of hydrogen-bond acceptors (Lipinski definition) is 4. The Morgan fingerprint density at radius 1 is 1.11 bits per heavy atom. The van der Waals surface area contributed by atoms with Gasteiger partial charge < -0.3 is 9.30 Å². The zero-order valence-corrected chi connectivity index (χ0v) is 15.8. The molecular formula is C19H21ClN4O3. The van der Waals surface area contributed by atoms with Crippen LogP contribution in [0.25, 0.3) is 22.2 Å². The Hall–Kier alpha value is -2.35. The van der Waals surface area contributed by atoms with E-state index >= 15 is 0 Å². The van der Waals surface area contributed by atoms with Crippen molar-refractivity contribution in [3.63, 3.8) is 0 Å². The first-order chi connectivity index (χ1) is 13.0. The molecule has 0 radical (unpaired) electrons. The Morgan fingerprint density at radius 3 is 2.52 bits per heavy atom. The van der Waals surface area contributed by atoms with E-state index in [2.05, 4.69) is 10.00 Å². The van der Waals surface area contributed by atoms with E-state index in [0.717, 1.165) is 38.4 Å². The van der Waals surface area contributed by atoms with Gasteiger partial charge in [-0.05, 0) is 17.7 Å². The van der Waals surface area contributed by atoms with Crippen molar-refractivity contribution in [2.45, 2.75) is 6.54 Å². The molecule has 0 aliphatic carbocycles. The van der Waals surface area contributed by atoms with Gasteiger partial charge in [0.25, 0.3) is 11.1 Å². The van der Waals surface area contributed by atoms with Crippen molar-refractivity contribution in [1.82, 2.24) is 19.2 Å². The molecule has 0 bridgehead atoms. The number of nitrogens with one attached hydrogen (secondary N) is 1. The fourth-order valence-corrected chi connectivity index (χ4v) is 3.63. The number of ether oxygens (including phenoxy) is 1. The second-order valence-electron chi connectivity index (χ2n) is 6.71. The van der Waals surface area contributed by atoms with E-state index in [1.165, 1.54) is 10.6 Å². The topological polar surface area (TPSA) is 72.3 Å². The zero-order chi connectivity index (χ0) is 19.0. The van der Waals surface area contributed by atoms with Crippen molar-refractivity contribution >= 4 is 22.5 Å². The van der Waals surface area contributed by atoms with Gasteiger partial charge in [0.15, 0.2) is 0 Å². The molecule has 0 amide bonds. The van der Waals surface area contributed by atoms with Crippen molar-refractivity contribution in [2.75, 3.05) is 32.8 Å². The first-order valence-electron chi connectivity index (χ1n) is 8.93. The maximum atomic E-state index is 13.1. The number of hydrogen-bond donors (Lipinski definition) is 1. The number of pyridine rings is 1. The summed E-state index contributed by atoms with van der Waals surface area (Å²) in [5.74, 6) is 0. The van der Waals surface area contributed by atoms with Crippen LogP contribution in [-0.2, 0) is 18.3 Å². The molecule has 142 valence electrons. The Bertz CT molecular complexity index is 1080. The quantitative estimate of drug-likeness (QED) is 0.738. The zero-order valence-electron chi connectivity index (χ0n) is 15.1. The van der Waals surface area contributed by atoms with Gasteiger partial charge in [0.1, 0.15) is 0 Å². The minimum absolute atomic E-state index is 0.126. The number of nitrogens with zero attached hydrogens (tertiary/aromatic N) is 3. The second-order valence-corrected chi connectivity index (χ2v) is 7.14. The highest BCUT2D eigenvalue weighted by molar-refractivity contribution is 6.30. The molecule has 0 unspecified atom stereocenters. The molecule has 2 aromatic heterocycles. The van der Waals surface area contributed by atoms with Crippen LogP contribution in [0, 0.1) is 0 Å². The molecule has 1 aliphatic rings. The van der Waals surface area contributed by atoms with Crippen LogP contribution in [0.1, 0.15) is 0 Å². The lowest BCUT2D eigenvalue weighted by atomic mass is 10.1. The van der Waals surface area contributed by atoms with Gasteiger partial charge in [0.2, 0.25) is 0 Å². The van der Waals surface area contributed by atoms with Crippen LogP contribution in [0.5, 0.6) is 0 Å². The summed E-state index contributed by atoms with van der Waals surface area (Å²) in [7, 11) is 1.68. The third-order valence-corrected chi connectivity index (χ3v) is 5.27. The molecule has 1 aromatic carbocycles. The Balaban J connectivity index is 1.77. The number of rotatable bonds is 4. The number of fused-ring (bicyclic) bond motifs is 1. The van der Waals surface area contributed by atoms with Crippen LogP contribution in [0.3, 0.4) is 0 Å². The number of aromatic amines is 1. The molecule has 0 saturated carbocycles. The van der Waals surface area contributed by atoms with Crippen molar-refractivity contribution in [3.8, 4) is 11.3 Å². The average molecular weight is 389 g/mol. The van der Waals surface area contributed by atoms with Gasteiger partial charge in [-0.15, -0.1) is 0 Å². The monoisotopic (exact) mass is 388 g/mol. The van der Waals surface area contributed by atoms with Crippen molar-refractivity contribution in [3.05, 3.63) is 56.1 Å². The maximum Gasteiger partial charge on any atom is 0.276 e. The second kappa shape index (κ2) is 7.34. The number of halogens is 1. The third-order valence-electron chi connectivity index (χ3n) is 5.02. The molecule has 4 rings (SSSR count). The predicted octanol–water partition coefficient (Wildman–Crippen LogP) is 1.68. The largest absolute Gasteiger partial charge is 0.379 e. The highest BCUT2D eigenvalue weighted by atomic mass is 35.5. The van der Waals surface area contributed by atoms with Gasteiger partial charge in [-0.25, -0.2) is 0 Å². The van der Waals surface area contributed by atoms with Crippen LogP contribution in [-0.4, -0.2) is 52.1 Å². The summed E-state index contributed by atoms with van der Waals surface area (Å²) >= 11 is 5.98.